The number of aromatic nitrogens is 1. The van der Waals surface area contributed by atoms with E-state index in [4.69, 9.17) is 19.9 Å². The third-order valence-corrected chi connectivity index (χ3v) is 5.18. The first-order valence-electron chi connectivity index (χ1n) is 12.0. The third kappa shape index (κ3) is 8.78. The molecule has 8 nitrogen and oxygen atoms in total. The van der Waals surface area contributed by atoms with Crippen LogP contribution in [0.3, 0.4) is 0 Å². The number of alkyl carbamates (subject to hydrolysis) is 1. The third-order valence-electron chi connectivity index (χ3n) is 5.18. The zero-order valence-corrected chi connectivity index (χ0v) is 21.6. The molecule has 8 heteroatoms. The van der Waals surface area contributed by atoms with Crippen LogP contribution in [-0.4, -0.2) is 29.8 Å². The van der Waals surface area contributed by atoms with Crippen molar-refractivity contribution in [3.05, 3.63) is 77.4 Å². The molecule has 2 aromatic carbocycles. The average molecular weight is 493 g/mol. The molecule has 3 rings (SSSR count). The Balaban J connectivity index is 1.59. The molecule has 4 N–H and O–H groups in total. The zero-order valence-electron chi connectivity index (χ0n) is 21.6. The Bertz CT molecular complexity index is 1130. The number of benzene rings is 2. The fourth-order valence-corrected chi connectivity index (χ4v) is 3.48. The quantitative estimate of drug-likeness (QED) is 0.347. The minimum atomic E-state index is -0.525. The van der Waals surface area contributed by atoms with Gasteiger partial charge in [-0.05, 0) is 81.1 Å². The summed E-state index contributed by atoms with van der Waals surface area (Å²) in [4.78, 5) is 16.6. The molecule has 0 saturated carbocycles. The zero-order chi connectivity index (χ0) is 26.1. The van der Waals surface area contributed by atoms with Crippen LogP contribution in [0, 0.1) is 0 Å². The van der Waals surface area contributed by atoms with Gasteiger partial charge in [-0.3, -0.25) is 0 Å². The highest BCUT2D eigenvalue weighted by atomic mass is 16.6. The molecule has 0 fully saturated rings. The average Bonchev–Trinajstić information content (AvgIpc) is 2.82. The van der Waals surface area contributed by atoms with Gasteiger partial charge in [-0.25, -0.2) is 4.79 Å². The lowest BCUT2D eigenvalue weighted by atomic mass is 10.1. The highest BCUT2D eigenvalue weighted by molar-refractivity contribution is 5.68. The van der Waals surface area contributed by atoms with Gasteiger partial charge in [0, 0.05) is 25.2 Å². The van der Waals surface area contributed by atoms with Crippen molar-refractivity contribution < 1.29 is 19.0 Å². The molecule has 3 aromatic rings. The standard InChI is InChI=1S/C28H36N4O4/c1-19(31-27(33)36-28(2,3)4)14-20-6-12-24(13-7-20)35-26-16-22(17-29)15-25(32-26)30-18-21-8-10-23(34-5)11-9-21/h6-13,15-16,19H,14,17-18,29H2,1-5H3,(H,30,32)(H,31,33). The minimum Gasteiger partial charge on any atom is -0.497 e. The van der Waals surface area contributed by atoms with Gasteiger partial charge in [0.2, 0.25) is 5.88 Å². The van der Waals surface area contributed by atoms with Crippen LogP contribution in [0.2, 0.25) is 0 Å². The molecule has 0 spiro atoms. The normalized spacial score (nSPS) is 11.9. The van der Waals surface area contributed by atoms with Gasteiger partial charge in [-0.15, -0.1) is 0 Å². The highest BCUT2D eigenvalue weighted by Crippen LogP contribution is 2.24. The van der Waals surface area contributed by atoms with E-state index >= 15 is 0 Å². The number of nitrogens with two attached hydrogens (primary N) is 1. The number of nitrogens with one attached hydrogen (secondary N) is 2. The van der Waals surface area contributed by atoms with Crippen LogP contribution in [0.1, 0.15) is 44.4 Å². The van der Waals surface area contributed by atoms with Crippen LogP contribution in [0.25, 0.3) is 0 Å². The summed E-state index contributed by atoms with van der Waals surface area (Å²) in [6, 6.07) is 19.2. The first kappa shape index (κ1) is 26.8. The molecule has 0 radical (unpaired) electrons. The Morgan fingerprint density at radius 2 is 1.61 bits per heavy atom. The van der Waals surface area contributed by atoms with Gasteiger partial charge in [-0.2, -0.15) is 4.98 Å². The number of anilines is 1. The lowest BCUT2D eigenvalue weighted by Crippen LogP contribution is -2.38. The molecule has 1 aromatic heterocycles. The van der Waals surface area contributed by atoms with Crippen molar-refractivity contribution in [1.29, 1.82) is 0 Å². The van der Waals surface area contributed by atoms with E-state index in [-0.39, 0.29) is 6.04 Å². The summed E-state index contributed by atoms with van der Waals surface area (Å²) < 4.78 is 16.5. The summed E-state index contributed by atoms with van der Waals surface area (Å²) in [5.41, 5.74) is 8.45. The molecule has 0 saturated heterocycles. The molecule has 1 amide bonds. The van der Waals surface area contributed by atoms with Crippen LogP contribution in [0.5, 0.6) is 17.4 Å². The summed E-state index contributed by atoms with van der Waals surface area (Å²) >= 11 is 0. The van der Waals surface area contributed by atoms with Crippen LogP contribution in [0.4, 0.5) is 10.6 Å². The van der Waals surface area contributed by atoms with Crippen molar-refractivity contribution in [2.45, 2.75) is 58.8 Å². The number of ether oxygens (including phenoxy) is 3. The van der Waals surface area contributed by atoms with Crippen molar-refractivity contribution in [3.8, 4) is 17.4 Å². The Hall–Kier alpha value is -3.78. The predicted molar refractivity (Wildman–Crippen MR) is 142 cm³/mol. The van der Waals surface area contributed by atoms with Gasteiger partial charge in [0.1, 0.15) is 22.9 Å². The van der Waals surface area contributed by atoms with Crippen molar-refractivity contribution in [2.24, 2.45) is 5.73 Å². The number of hydrogen-bond donors (Lipinski definition) is 3. The van der Waals surface area contributed by atoms with Crippen LogP contribution < -0.4 is 25.8 Å². The molecular weight excluding hydrogens is 456 g/mol. The number of hydrogen-bond acceptors (Lipinski definition) is 7. The van der Waals surface area contributed by atoms with Gasteiger partial charge in [-0.1, -0.05) is 24.3 Å². The molecule has 0 aliphatic rings. The Labute approximate surface area is 213 Å². The van der Waals surface area contributed by atoms with E-state index in [2.05, 4.69) is 15.6 Å². The van der Waals surface area contributed by atoms with E-state index in [1.165, 1.54) is 0 Å². The Kier molecular flexibility index (Phi) is 9.13. The van der Waals surface area contributed by atoms with Gasteiger partial charge >= 0.3 is 6.09 Å². The molecule has 192 valence electrons. The number of carbonyl (C=O) groups is 1. The molecule has 0 aliphatic heterocycles. The fraction of sp³-hybridized carbons (Fsp3) is 0.357. The molecule has 1 atom stereocenters. The van der Waals surface area contributed by atoms with E-state index in [0.29, 0.717) is 37.0 Å². The lowest BCUT2D eigenvalue weighted by Gasteiger charge is -2.22. The number of pyridine rings is 1. The monoisotopic (exact) mass is 492 g/mol. The lowest BCUT2D eigenvalue weighted by molar-refractivity contribution is 0.0508. The van der Waals surface area contributed by atoms with Crippen molar-refractivity contribution >= 4 is 11.9 Å². The van der Waals surface area contributed by atoms with E-state index in [1.807, 2.05) is 88.4 Å². The van der Waals surface area contributed by atoms with Crippen molar-refractivity contribution in [1.82, 2.24) is 10.3 Å². The number of nitrogens with zero attached hydrogens (tertiary/aromatic N) is 1. The molecule has 1 heterocycles. The summed E-state index contributed by atoms with van der Waals surface area (Å²) in [6.45, 7) is 8.44. The smallest absolute Gasteiger partial charge is 0.407 e. The van der Waals surface area contributed by atoms with Gasteiger partial charge in [0.25, 0.3) is 0 Å². The van der Waals surface area contributed by atoms with Crippen LogP contribution >= 0.6 is 0 Å². The molecule has 0 bridgehead atoms. The highest BCUT2D eigenvalue weighted by Gasteiger charge is 2.17. The topological polar surface area (TPSA) is 108 Å². The van der Waals surface area contributed by atoms with Crippen LogP contribution in [0.15, 0.2) is 60.7 Å². The largest absolute Gasteiger partial charge is 0.497 e. The molecule has 36 heavy (non-hydrogen) atoms. The summed E-state index contributed by atoms with van der Waals surface area (Å²) in [5, 5.41) is 6.19. The number of carbonyl (C=O) groups excluding carboxylic acids is 1. The second kappa shape index (κ2) is 12.3. The molecular formula is C28H36N4O4. The first-order valence-corrected chi connectivity index (χ1v) is 12.0. The summed E-state index contributed by atoms with van der Waals surface area (Å²) in [5.74, 6) is 2.62. The van der Waals surface area contributed by atoms with Crippen molar-refractivity contribution in [2.75, 3.05) is 12.4 Å². The maximum atomic E-state index is 12.0. The second-order valence-electron chi connectivity index (χ2n) is 9.60. The van der Waals surface area contributed by atoms with Gasteiger partial charge < -0.3 is 30.6 Å². The summed E-state index contributed by atoms with van der Waals surface area (Å²) in [7, 11) is 1.65. The van der Waals surface area contributed by atoms with E-state index in [0.717, 1.165) is 22.4 Å². The summed E-state index contributed by atoms with van der Waals surface area (Å²) in [6.07, 6.45) is 0.247. The molecule has 0 aliphatic carbocycles. The maximum Gasteiger partial charge on any atom is 0.407 e. The van der Waals surface area contributed by atoms with E-state index < -0.39 is 11.7 Å². The number of methoxy groups -OCH3 is 1. The van der Waals surface area contributed by atoms with Gasteiger partial charge in [0.15, 0.2) is 0 Å². The van der Waals surface area contributed by atoms with E-state index in [9.17, 15) is 4.79 Å². The van der Waals surface area contributed by atoms with Gasteiger partial charge in [0.05, 0.1) is 7.11 Å². The maximum absolute atomic E-state index is 12.0. The van der Waals surface area contributed by atoms with E-state index in [1.54, 1.807) is 7.11 Å². The fourth-order valence-electron chi connectivity index (χ4n) is 3.48. The second-order valence-corrected chi connectivity index (χ2v) is 9.60. The first-order chi connectivity index (χ1) is 17.1. The van der Waals surface area contributed by atoms with Crippen LogP contribution in [-0.2, 0) is 24.2 Å². The predicted octanol–water partition coefficient (Wildman–Crippen LogP) is 5.41. The number of rotatable bonds is 10. The van der Waals surface area contributed by atoms with Crippen molar-refractivity contribution in [3.63, 3.8) is 0 Å². The Morgan fingerprint density at radius 1 is 0.972 bits per heavy atom. The minimum absolute atomic E-state index is 0.0751. The molecule has 1 unspecified atom stereocenters. The SMILES string of the molecule is COc1ccc(CNc2cc(CN)cc(Oc3ccc(CC(C)NC(=O)OC(C)(C)C)cc3)n2)cc1. The Morgan fingerprint density at radius 3 is 2.22 bits per heavy atom. The number of amides is 1.